The van der Waals surface area contributed by atoms with E-state index in [1.165, 1.54) is 0 Å². The van der Waals surface area contributed by atoms with Crippen LogP contribution in [-0.2, 0) is 17.8 Å². The van der Waals surface area contributed by atoms with Crippen LogP contribution in [0.15, 0.2) is 42.6 Å². The first kappa shape index (κ1) is 14.5. The van der Waals surface area contributed by atoms with Gasteiger partial charge in [-0.3, -0.25) is 9.78 Å². The van der Waals surface area contributed by atoms with Crippen molar-refractivity contribution in [2.24, 2.45) is 0 Å². The minimum absolute atomic E-state index is 0.00639. The molecule has 0 radical (unpaired) electrons. The Morgan fingerprint density at radius 3 is 3.14 bits per heavy atom. The Morgan fingerprint density at radius 2 is 2.27 bits per heavy atom. The molecule has 0 saturated carbocycles. The molecule has 1 amide bonds. The van der Waals surface area contributed by atoms with Crippen LogP contribution in [0.2, 0.25) is 0 Å². The van der Waals surface area contributed by atoms with E-state index in [4.69, 9.17) is 4.74 Å². The van der Waals surface area contributed by atoms with Crippen LogP contribution in [0.4, 0.5) is 5.69 Å². The predicted molar refractivity (Wildman–Crippen MR) is 84.8 cm³/mol. The van der Waals surface area contributed by atoms with Crippen molar-refractivity contribution >= 4 is 11.6 Å². The summed E-state index contributed by atoms with van der Waals surface area (Å²) in [6.07, 6.45) is 2.80. The molecule has 0 atom stereocenters. The summed E-state index contributed by atoms with van der Waals surface area (Å²) in [6, 6.07) is 11.5. The molecule has 0 fully saturated rings. The number of hydrogen-bond acceptors (Lipinski definition) is 4. The number of anilines is 1. The molecular formula is C17H19N3O2. The number of hydrogen-bond donors (Lipinski definition) is 2. The summed E-state index contributed by atoms with van der Waals surface area (Å²) in [4.78, 5) is 16.3. The molecular weight excluding hydrogens is 278 g/mol. The number of aryl methyl sites for hydroxylation is 1. The van der Waals surface area contributed by atoms with Crippen LogP contribution in [0, 0.1) is 0 Å². The molecule has 22 heavy (non-hydrogen) atoms. The highest BCUT2D eigenvalue weighted by molar-refractivity contribution is 5.91. The fourth-order valence-corrected chi connectivity index (χ4v) is 2.40. The molecule has 1 aliphatic heterocycles. The maximum Gasteiger partial charge on any atom is 0.224 e. The molecule has 2 heterocycles. The molecule has 0 aliphatic carbocycles. The van der Waals surface area contributed by atoms with E-state index in [0.717, 1.165) is 35.8 Å². The summed E-state index contributed by atoms with van der Waals surface area (Å²) in [5.74, 6) is 0.879. The summed E-state index contributed by atoms with van der Waals surface area (Å²) in [5, 5.41) is 6.22. The number of ether oxygens (including phenoxy) is 1. The van der Waals surface area contributed by atoms with Gasteiger partial charge in [-0.15, -0.1) is 0 Å². The largest absolute Gasteiger partial charge is 0.492 e. The van der Waals surface area contributed by atoms with Crippen molar-refractivity contribution in [2.75, 3.05) is 18.5 Å². The maximum absolute atomic E-state index is 12.0. The number of nitrogens with one attached hydrogen (secondary N) is 2. The molecule has 1 aromatic heterocycles. The Bertz CT molecular complexity index is 644. The first-order valence-corrected chi connectivity index (χ1v) is 7.47. The summed E-state index contributed by atoms with van der Waals surface area (Å²) in [5.41, 5.74) is 2.80. The number of carbonyl (C=O) groups excluding carboxylic acids is 1. The van der Waals surface area contributed by atoms with E-state index in [1.807, 2.05) is 36.4 Å². The number of pyridine rings is 1. The van der Waals surface area contributed by atoms with Gasteiger partial charge in [-0.05, 0) is 36.8 Å². The molecule has 0 spiro atoms. The molecule has 0 saturated heterocycles. The minimum Gasteiger partial charge on any atom is -0.492 e. The Hall–Kier alpha value is -2.40. The van der Waals surface area contributed by atoms with Gasteiger partial charge >= 0.3 is 0 Å². The number of nitrogens with zero attached hydrogens (tertiary/aromatic N) is 1. The van der Waals surface area contributed by atoms with Crippen LogP contribution >= 0.6 is 0 Å². The van der Waals surface area contributed by atoms with Crippen molar-refractivity contribution in [1.29, 1.82) is 0 Å². The Kier molecular flexibility index (Phi) is 4.65. The Balaban J connectivity index is 1.58. The fraction of sp³-hybridized carbons (Fsp3) is 0.294. The summed E-state index contributed by atoms with van der Waals surface area (Å²) in [6.45, 7) is 2.26. The van der Waals surface area contributed by atoms with Crippen molar-refractivity contribution < 1.29 is 9.53 Å². The third-order valence-electron chi connectivity index (χ3n) is 3.53. The second kappa shape index (κ2) is 7.04. The van der Waals surface area contributed by atoms with Crippen LogP contribution in [0.5, 0.6) is 5.75 Å². The zero-order chi connectivity index (χ0) is 15.2. The normalized spacial score (nSPS) is 13.6. The van der Waals surface area contributed by atoms with Crippen molar-refractivity contribution in [2.45, 2.75) is 19.4 Å². The Morgan fingerprint density at radius 1 is 1.32 bits per heavy atom. The van der Waals surface area contributed by atoms with Gasteiger partial charge in [0.1, 0.15) is 12.4 Å². The van der Waals surface area contributed by atoms with Gasteiger partial charge < -0.3 is 15.4 Å². The molecule has 3 rings (SSSR count). The number of amides is 1. The molecule has 5 heteroatoms. The average molecular weight is 297 g/mol. The van der Waals surface area contributed by atoms with E-state index in [1.54, 1.807) is 6.20 Å². The molecule has 2 N–H and O–H groups in total. The average Bonchev–Trinajstić information content (AvgIpc) is 2.79. The van der Waals surface area contributed by atoms with Crippen molar-refractivity contribution in [3.63, 3.8) is 0 Å². The molecule has 0 unspecified atom stereocenters. The van der Waals surface area contributed by atoms with Gasteiger partial charge in [0.25, 0.3) is 0 Å². The van der Waals surface area contributed by atoms with E-state index < -0.39 is 0 Å². The highest BCUT2D eigenvalue weighted by Crippen LogP contribution is 2.24. The zero-order valence-electron chi connectivity index (χ0n) is 12.3. The van der Waals surface area contributed by atoms with E-state index >= 15 is 0 Å². The molecule has 1 aromatic carbocycles. The maximum atomic E-state index is 12.0. The smallest absolute Gasteiger partial charge is 0.224 e. The van der Waals surface area contributed by atoms with Gasteiger partial charge in [-0.1, -0.05) is 6.07 Å². The topological polar surface area (TPSA) is 63.2 Å². The van der Waals surface area contributed by atoms with Crippen LogP contribution in [-0.4, -0.2) is 24.0 Å². The monoisotopic (exact) mass is 297 g/mol. The summed E-state index contributed by atoms with van der Waals surface area (Å²) < 4.78 is 5.63. The standard InChI is InChI=1S/C17H19N3O2/c21-17(7-5-14-3-1-2-8-19-14)20-15-4-6-16-13(11-15)12-18-9-10-22-16/h1-4,6,8,11,18H,5,7,9-10,12H2,(H,20,21). The minimum atomic E-state index is -0.00639. The lowest BCUT2D eigenvalue weighted by Crippen LogP contribution is -2.16. The molecule has 1 aliphatic rings. The summed E-state index contributed by atoms with van der Waals surface area (Å²) in [7, 11) is 0. The van der Waals surface area contributed by atoms with Gasteiger partial charge in [0, 0.05) is 42.7 Å². The predicted octanol–water partition coefficient (Wildman–Crippen LogP) is 2.13. The third-order valence-corrected chi connectivity index (χ3v) is 3.53. The number of rotatable bonds is 4. The number of fused-ring (bicyclic) bond motifs is 1. The zero-order valence-corrected chi connectivity index (χ0v) is 12.3. The van der Waals surface area contributed by atoms with Gasteiger partial charge in [0.2, 0.25) is 5.91 Å². The van der Waals surface area contributed by atoms with Gasteiger partial charge in [-0.2, -0.15) is 0 Å². The highest BCUT2D eigenvalue weighted by atomic mass is 16.5. The van der Waals surface area contributed by atoms with Gasteiger partial charge in [0.15, 0.2) is 0 Å². The van der Waals surface area contributed by atoms with E-state index in [-0.39, 0.29) is 5.91 Å². The lowest BCUT2D eigenvalue weighted by atomic mass is 10.1. The third kappa shape index (κ3) is 3.83. The number of benzene rings is 1. The molecule has 5 nitrogen and oxygen atoms in total. The van der Waals surface area contributed by atoms with Crippen LogP contribution in [0.1, 0.15) is 17.7 Å². The lowest BCUT2D eigenvalue weighted by molar-refractivity contribution is -0.116. The quantitative estimate of drug-likeness (QED) is 0.907. The van der Waals surface area contributed by atoms with Crippen LogP contribution in [0.25, 0.3) is 0 Å². The number of carbonyl (C=O) groups is 1. The van der Waals surface area contributed by atoms with Crippen molar-refractivity contribution in [3.8, 4) is 5.75 Å². The van der Waals surface area contributed by atoms with Gasteiger partial charge in [0.05, 0.1) is 0 Å². The van der Waals surface area contributed by atoms with Crippen molar-refractivity contribution in [3.05, 3.63) is 53.9 Å². The van der Waals surface area contributed by atoms with E-state index in [0.29, 0.717) is 19.4 Å². The van der Waals surface area contributed by atoms with Crippen LogP contribution < -0.4 is 15.4 Å². The van der Waals surface area contributed by atoms with Crippen molar-refractivity contribution in [1.82, 2.24) is 10.3 Å². The summed E-state index contributed by atoms with van der Waals surface area (Å²) >= 11 is 0. The van der Waals surface area contributed by atoms with Crippen LogP contribution in [0.3, 0.4) is 0 Å². The molecule has 0 bridgehead atoms. The first-order chi connectivity index (χ1) is 10.8. The second-order valence-corrected chi connectivity index (χ2v) is 5.22. The second-order valence-electron chi connectivity index (χ2n) is 5.22. The first-order valence-electron chi connectivity index (χ1n) is 7.47. The van der Waals surface area contributed by atoms with E-state index in [9.17, 15) is 4.79 Å². The van der Waals surface area contributed by atoms with E-state index in [2.05, 4.69) is 15.6 Å². The fourth-order valence-electron chi connectivity index (χ4n) is 2.40. The molecule has 114 valence electrons. The van der Waals surface area contributed by atoms with Gasteiger partial charge in [-0.25, -0.2) is 0 Å². The highest BCUT2D eigenvalue weighted by Gasteiger charge is 2.10. The lowest BCUT2D eigenvalue weighted by Gasteiger charge is -2.10. The Labute approximate surface area is 129 Å². The number of aromatic nitrogens is 1. The molecule has 2 aromatic rings. The SMILES string of the molecule is O=C(CCc1ccccn1)Nc1ccc2c(c1)CNCCO2.